The van der Waals surface area contributed by atoms with Gasteiger partial charge in [0.2, 0.25) is 0 Å². The van der Waals surface area contributed by atoms with E-state index in [9.17, 15) is 5.21 Å². The van der Waals surface area contributed by atoms with E-state index in [0.717, 1.165) is 11.3 Å². The first-order chi connectivity index (χ1) is 8.30. The Morgan fingerprint density at radius 2 is 1.94 bits per heavy atom. The van der Waals surface area contributed by atoms with Gasteiger partial charge in [0.1, 0.15) is 5.75 Å². The molecule has 0 atom stereocenters. The monoisotopic (exact) mass is 251 g/mol. The zero-order chi connectivity index (χ0) is 13.9. The summed E-state index contributed by atoms with van der Waals surface area (Å²) in [4.78, 5) is 0. The molecule has 0 spiro atoms. The van der Waals surface area contributed by atoms with Crippen LogP contribution < -0.4 is 4.74 Å². The topological polar surface area (TPSA) is 32.7 Å². The van der Waals surface area contributed by atoms with Gasteiger partial charge >= 0.3 is 0 Å². The SMILES string of the molecule is CCOc1ccc(C(C)C)c(C(C)(C)N(C)O)c1. The molecule has 102 valence electrons. The molecule has 0 heterocycles. The molecule has 1 aromatic rings. The molecule has 0 aliphatic carbocycles. The third-order valence-electron chi connectivity index (χ3n) is 3.43. The Morgan fingerprint density at radius 1 is 1.33 bits per heavy atom. The van der Waals surface area contributed by atoms with Gasteiger partial charge in [-0.3, -0.25) is 0 Å². The Morgan fingerprint density at radius 3 is 2.39 bits per heavy atom. The quantitative estimate of drug-likeness (QED) is 0.809. The van der Waals surface area contributed by atoms with Crippen molar-refractivity contribution in [3.8, 4) is 5.75 Å². The lowest BCUT2D eigenvalue weighted by Gasteiger charge is -2.34. The summed E-state index contributed by atoms with van der Waals surface area (Å²) in [6, 6.07) is 6.12. The fourth-order valence-corrected chi connectivity index (χ4v) is 2.00. The number of ether oxygens (including phenoxy) is 1. The number of hydroxylamine groups is 2. The Hall–Kier alpha value is -1.06. The normalized spacial score (nSPS) is 12.3. The minimum atomic E-state index is -0.438. The highest BCUT2D eigenvalue weighted by atomic mass is 16.5. The summed E-state index contributed by atoms with van der Waals surface area (Å²) in [6.07, 6.45) is 0. The van der Waals surface area contributed by atoms with Crippen molar-refractivity contribution in [2.75, 3.05) is 13.7 Å². The average molecular weight is 251 g/mol. The molecule has 1 rings (SSSR count). The van der Waals surface area contributed by atoms with E-state index in [1.165, 1.54) is 10.6 Å². The minimum absolute atomic E-state index is 0.412. The van der Waals surface area contributed by atoms with E-state index in [-0.39, 0.29) is 0 Å². The molecule has 1 N–H and O–H groups in total. The second-order valence-corrected chi connectivity index (χ2v) is 5.42. The summed E-state index contributed by atoms with van der Waals surface area (Å²) in [5.74, 6) is 1.27. The van der Waals surface area contributed by atoms with Gasteiger partial charge in [0.25, 0.3) is 0 Å². The van der Waals surface area contributed by atoms with Crippen molar-refractivity contribution >= 4 is 0 Å². The first-order valence-corrected chi connectivity index (χ1v) is 6.50. The molecule has 3 nitrogen and oxygen atoms in total. The molecular weight excluding hydrogens is 226 g/mol. The van der Waals surface area contributed by atoms with Gasteiger partial charge < -0.3 is 9.94 Å². The van der Waals surface area contributed by atoms with Crippen LogP contribution >= 0.6 is 0 Å². The molecule has 0 bridgehead atoms. The molecule has 0 aliphatic rings. The van der Waals surface area contributed by atoms with Gasteiger partial charge in [0, 0.05) is 7.05 Å². The van der Waals surface area contributed by atoms with Crippen molar-refractivity contribution in [1.82, 2.24) is 5.06 Å². The molecule has 0 unspecified atom stereocenters. The Bertz CT molecular complexity index is 397. The van der Waals surface area contributed by atoms with Gasteiger partial charge in [-0.1, -0.05) is 19.9 Å². The third kappa shape index (κ3) is 3.03. The summed E-state index contributed by atoms with van der Waals surface area (Å²) in [7, 11) is 1.68. The lowest BCUT2D eigenvalue weighted by Crippen LogP contribution is -2.36. The predicted octanol–water partition coefficient (Wildman–Crippen LogP) is 3.76. The van der Waals surface area contributed by atoms with Crippen molar-refractivity contribution in [3.05, 3.63) is 29.3 Å². The van der Waals surface area contributed by atoms with E-state index < -0.39 is 5.54 Å². The third-order valence-corrected chi connectivity index (χ3v) is 3.43. The van der Waals surface area contributed by atoms with Crippen molar-refractivity contribution in [2.45, 2.75) is 46.1 Å². The van der Waals surface area contributed by atoms with E-state index >= 15 is 0 Å². The van der Waals surface area contributed by atoms with Crippen molar-refractivity contribution in [3.63, 3.8) is 0 Å². The van der Waals surface area contributed by atoms with Crippen LogP contribution in [0.25, 0.3) is 0 Å². The van der Waals surface area contributed by atoms with E-state index in [1.54, 1.807) is 7.05 Å². The molecule has 0 amide bonds. The molecular formula is C15H25NO2. The Labute approximate surface area is 110 Å². The summed E-state index contributed by atoms with van der Waals surface area (Å²) in [5.41, 5.74) is 1.91. The lowest BCUT2D eigenvalue weighted by molar-refractivity contribution is -0.143. The first-order valence-electron chi connectivity index (χ1n) is 6.50. The zero-order valence-electron chi connectivity index (χ0n) is 12.3. The van der Waals surface area contributed by atoms with Crippen molar-refractivity contribution < 1.29 is 9.94 Å². The van der Waals surface area contributed by atoms with Crippen LogP contribution in [0.4, 0.5) is 0 Å². The van der Waals surface area contributed by atoms with E-state index in [0.29, 0.717) is 12.5 Å². The van der Waals surface area contributed by atoms with Crippen LogP contribution in [-0.4, -0.2) is 23.9 Å². The second-order valence-electron chi connectivity index (χ2n) is 5.42. The molecule has 18 heavy (non-hydrogen) atoms. The Kier molecular flexibility index (Phi) is 4.77. The fourth-order valence-electron chi connectivity index (χ4n) is 2.00. The van der Waals surface area contributed by atoms with Crippen LogP contribution in [0, 0.1) is 0 Å². The molecule has 1 aromatic carbocycles. The number of hydrogen-bond donors (Lipinski definition) is 1. The molecule has 0 aromatic heterocycles. The Balaban J connectivity index is 3.31. The lowest BCUT2D eigenvalue weighted by atomic mass is 9.85. The highest BCUT2D eigenvalue weighted by molar-refractivity contribution is 5.41. The standard InChI is InChI=1S/C15H25NO2/c1-7-18-12-8-9-13(11(2)3)14(10-12)15(4,5)16(6)17/h8-11,17H,7H2,1-6H3. The van der Waals surface area contributed by atoms with E-state index in [1.807, 2.05) is 32.9 Å². The molecule has 0 fully saturated rings. The summed E-state index contributed by atoms with van der Waals surface area (Å²) in [6.45, 7) is 10.9. The maximum absolute atomic E-state index is 9.85. The molecule has 0 saturated heterocycles. The van der Waals surface area contributed by atoms with E-state index in [2.05, 4.69) is 19.9 Å². The molecule has 0 aliphatic heterocycles. The van der Waals surface area contributed by atoms with Crippen LogP contribution in [0.1, 0.15) is 51.7 Å². The van der Waals surface area contributed by atoms with Crippen LogP contribution in [-0.2, 0) is 5.54 Å². The fraction of sp³-hybridized carbons (Fsp3) is 0.600. The van der Waals surface area contributed by atoms with Gasteiger partial charge in [-0.2, -0.15) is 5.06 Å². The number of hydrogen-bond acceptors (Lipinski definition) is 3. The summed E-state index contributed by atoms with van der Waals surface area (Å²) in [5, 5.41) is 11.1. The van der Waals surface area contributed by atoms with Crippen molar-refractivity contribution in [2.24, 2.45) is 0 Å². The highest BCUT2D eigenvalue weighted by Crippen LogP contribution is 2.34. The van der Waals surface area contributed by atoms with E-state index in [4.69, 9.17) is 4.74 Å². The number of nitrogens with zero attached hydrogens (tertiary/aromatic N) is 1. The maximum Gasteiger partial charge on any atom is 0.119 e. The van der Waals surface area contributed by atoms with Crippen LogP contribution in [0.5, 0.6) is 5.75 Å². The summed E-state index contributed by atoms with van der Waals surface area (Å²) >= 11 is 0. The average Bonchev–Trinajstić information content (AvgIpc) is 2.28. The predicted molar refractivity (Wildman–Crippen MR) is 74.3 cm³/mol. The van der Waals surface area contributed by atoms with Gasteiger partial charge in [-0.05, 0) is 49.9 Å². The minimum Gasteiger partial charge on any atom is -0.494 e. The largest absolute Gasteiger partial charge is 0.494 e. The second kappa shape index (κ2) is 5.72. The number of rotatable bonds is 5. The van der Waals surface area contributed by atoms with Gasteiger partial charge in [0.05, 0.1) is 12.1 Å². The zero-order valence-corrected chi connectivity index (χ0v) is 12.3. The van der Waals surface area contributed by atoms with Gasteiger partial charge in [0.15, 0.2) is 0 Å². The van der Waals surface area contributed by atoms with Crippen molar-refractivity contribution in [1.29, 1.82) is 0 Å². The molecule has 3 heteroatoms. The summed E-state index contributed by atoms with van der Waals surface area (Å²) < 4.78 is 5.56. The maximum atomic E-state index is 9.85. The first kappa shape index (κ1) is 15.0. The molecule has 0 radical (unpaired) electrons. The number of benzene rings is 1. The highest BCUT2D eigenvalue weighted by Gasteiger charge is 2.28. The van der Waals surface area contributed by atoms with Gasteiger partial charge in [-0.15, -0.1) is 0 Å². The van der Waals surface area contributed by atoms with Crippen LogP contribution in [0.2, 0.25) is 0 Å². The van der Waals surface area contributed by atoms with Crippen LogP contribution in [0.3, 0.4) is 0 Å². The van der Waals surface area contributed by atoms with Gasteiger partial charge in [-0.25, -0.2) is 0 Å². The molecule has 0 saturated carbocycles. The smallest absolute Gasteiger partial charge is 0.119 e. The van der Waals surface area contributed by atoms with Crippen LogP contribution in [0.15, 0.2) is 18.2 Å².